The first-order chi connectivity index (χ1) is 10.3. The molecule has 2 aromatic rings. The lowest BCUT2D eigenvalue weighted by Crippen LogP contribution is -2.14. The smallest absolute Gasteiger partial charge is 0.315 e. The van der Waals surface area contributed by atoms with Gasteiger partial charge in [0.25, 0.3) is 0 Å². The van der Waals surface area contributed by atoms with Gasteiger partial charge in [-0.15, -0.1) is 0 Å². The molecule has 0 aromatic heterocycles. The van der Waals surface area contributed by atoms with Gasteiger partial charge in [0.15, 0.2) is 0 Å². The standard InChI is InChI=1S/C18H20O4/c1-10-5-11(2)13(4)17(12(10)3)9-18(21)22-16-7-14(19)6-15(20)8-16/h5-8,19-20H,9H2,1-4H3. The molecule has 4 nitrogen and oxygen atoms in total. The second-order valence-corrected chi connectivity index (χ2v) is 5.57. The molecule has 0 radical (unpaired) electrons. The van der Waals surface area contributed by atoms with E-state index in [-0.39, 0.29) is 23.7 Å². The highest BCUT2D eigenvalue weighted by atomic mass is 16.5. The number of ether oxygens (including phenoxy) is 1. The Bertz CT molecular complexity index is 686. The maximum atomic E-state index is 12.1. The maximum absolute atomic E-state index is 12.1. The summed E-state index contributed by atoms with van der Waals surface area (Å²) in [5.74, 6) is -0.605. The SMILES string of the molecule is Cc1cc(C)c(C)c(CC(=O)Oc2cc(O)cc(O)c2)c1C. The lowest BCUT2D eigenvalue weighted by atomic mass is 9.92. The van der Waals surface area contributed by atoms with E-state index in [1.807, 2.05) is 27.7 Å². The molecule has 0 heterocycles. The molecule has 0 amide bonds. The van der Waals surface area contributed by atoms with E-state index in [9.17, 15) is 15.0 Å². The first-order valence-corrected chi connectivity index (χ1v) is 7.08. The number of rotatable bonds is 3. The third-order valence-corrected chi connectivity index (χ3v) is 3.95. The van der Waals surface area contributed by atoms with Gasteiger partial charge in [0.05, 0.1) is 6.42 Å². The Morgan fingerprint density at radius 1 is 0.909 bits per heavy atom. The number of carbonyl (C=O) groups excluding carboxylic acids is 1. The molecule has 0 fully saturated rings. The Labute approximate surface area is 130 Å². The van der Waals surface area contributed by atoms with Gasteiger partial charge < -0.3 is 14.9 Å². The summed E-state index contributed by atoms with van der Waals surface area (Å²) in [4.78, 5) is 12.1. The molecule has 0 unspecified atom stereocenters. The average molecular weight is 300 g/mol. The number of carbonyl (C=O) groups is 1. The lowest BCUT2D eigenvalue weighted by molar-refractivity contribution is -0.133. The molecule has 0 bridgehead atoms. The van der Waals surface area contributed by atoms with E-state index in [4.69, 9.17) is 4.74 Å². The van der Waals surface area contributed by atoms with Crippen LogP contribution in [0, 0.1) is 27.7 Å². The van der Waals surface area contributed by atoms with Crippen LogP contribution in [-0.4, -0.2) is 16.2 Å². The average Bonchev–Trinajstić information content (AvgIpc) is 2.40. The number of phenols is 2. The number of phenolic OH excluding ortho intramolecular Hbond substituents is 2. The molecule has 0 aliphatic heterocycles. The largest absolute Gasteiger partial charge is 0.508 e. The number of hydrogen-bond acceptors (Lipinski definition) is 4. The van der Waals surface area contributed by atoms with Crippen molar-refractivity contribution in [2.75, 3.05) is 0 Å². The normalized spacial score (nSPS) is 10.5. The van der Waals surface area contributed by atoms with E-state index in [0.717, 1.165) is 27.8 Å². The second-order valence-electron chi connectivity index (χ2n) is 5.57. The van der Waals surface area contributed by atoms with Gasteiger partial charge in [-0.25, -0.2) is 0 Å². The maximum Gasteiger partial charge on any atom is 0.315 e. The van der Waals surface area contributed by atoms with Crippen LogP contribution in [0.15, 0.2) is 24.3 Å². The van der Waals surface area contributed by atoms with E-state index in [0.29, 0.717) is 0 Å². The van der Waals surface area contributed by atoms with Crippen molar-refractivity contribution >= 4 is 5.97 Å². The van der Waals surface area contributed by atoms with Crippen molar-refractivity contribution in [2.24, 2.45) is 0 Å². The number of esters is 1. The number of hydrogen-bond donors (Lipinski definition) is 2. The molecular formula is C18H20O4. The predicted octanol–water partition coefficient (Wildman–Crippen LogP) is 3.48. The summed E-state index contributed by atoms with van der Waals surface area (Å²) in [6, 6.07) is 5.86. The van der Waals surface area contributed by atoms with Crippen molar-refractivity contribution in [3.63, 3.8) is 0 Å². The highest BCUT2D eigenvalue weighted by Gasteiger charge is 2.14. The number of benzene rings is 2. The van der Waals surface area contributed by atoms with Crippen molar-refractivity contribution < 1.29 is 19.7 Å². The third-order valence-electron chi connectivity index (χ3n) is 3.95. The number of aryl methyl sites for hydroxylation is 2. The summed E-state index contributed by atoms with van der Waals surface area (Å²) in [6.45, 7) is 8.02. The fraction of sp³-hybridized carbons (Fsp3) is 0.278. The van der Waals surface area contributed by atoms with Crippen LogP contribution < -0.4 is 4.74 Å². The zero-order valence-corrected chi connectivity index (χ0v) is 13.2. The van der Waals surface area contributed by atoms with Crippen LogP contribution in [0.3, 0.4) is 0 Å². The third kappa shape index (κ3) is 3.39. The minimum atomic E-state index is -0.429. The monoisotopic (exact) mass is 300 g/mol. The van der Waals surface area contributed by atoms with E-state index in [1.54, 1.807) is 0 Å². The van der Waals surface area contributed by atoms with E-state index in [1.165, 1.54) is 18.2 Å². The highest BCUT2D eigenvalue weighted by Crippen LogP contribution is 2.27. The van der Waals surface area contributed by atoms with Crippen molar-refractivity contribution in [2.45, 2.75) is 34.1 Å². The minimum absolute atomic E-state index is 0.127. The Kier molecular flexibility index (Phi) is 4.40. The summed E-state index contributed by atoms with van der Waals surface area (Å²) in [5.41, 5.74) is 5.41. The van der Waals surface area contributed by atoms with Crippen molar-refractivity contribution in [3.8, 4) is 17.2 Å². The van der Waals surface area contributed by atoms with E-state index < -0.39 is 5.97 Å². The van der Waals surface area contributed by atoms with Gasteiger partial charge in [-0.3, -0.25) is 4.79 Å². The van der Waals surface area contributed by atoms with Gasteiger partial charge in [0.2, 0.25) is 0 Å². The molecule has 0 atom stereocenters. The molecule has 2 aromatic carbocycles. The molecule has 2 N–H and O–H groups in total. The van der Waals surface area contributed by atoms with Crippen LogP contribution in [0.25, 0.3) is 0 Å². The first-order valence-electron chi connectivity index (χ1n) is 7.08. The molecule has 4 heteroatoms. The number of aromatic hydroxyl groups is 2. The summed E-state index contributed by atoms with van der Waals surface area (Å²) < 4.78 is 5.21. The zero-order chi connectivity index (χ0) is 16.4. The van der Waals surface area contributed by atoms with Crippen LogP contribution in [0.5, 0.6) is 17.2 Å². The summed E-state index contributed by atoms with van der Waals surface area (Å²) >= 11 is 0. The molecular weight excluding hydrogens is 280 g/mol. The zero-order valence-electron chi connectivity index (χ0n) is 13.2. The Morgan fingerprint density at radius 2 is 1.41 bits per heavy atom. The van der Waals surface area contributed by atoms with Crippen molar-refractivity contribution in [1.82, 2.24) is 0 Å². The summed E-state index contributed by atoms with van der Waals surface area (Å²) in [6.07, 6.45) is 0.149. The minimum Gasteiger partial charge on any atom is -0.508 e. The van der Waals surface area contributed by atoms with Crippen LogP contribution in [0.4, 0.5) is 0 Å². The fourth-order valence-electron chi connectivity index (χ4n) is 2.50. The first kappa shape index (κ1) is 15.9. The molecule has 0 aliphatic rings. The quantitative estimate of drug-likeness (QED) is 0.672. The van der Waals surface area contributed by atoms with Crippen molar-refractivity contribution in [1.29, 1.82) is 0 Å². The van der Waals surface area contributed by atoms with Gasteiger partial charge >= 0.3 is 5.97 Å². The molecule has 116 valence electrons. The second kappa shape index (κ2) is 6.10. The van der Waals surface area contributed by atoms with Gasteiger partial charge in [0.1, 0.15) is 17.2 Å². The van der Waals surface area contributed by atoms with Gasteiger partial charge in [-0.05, 0) is 55.5 Å². The highest BCUT2D eigenvalue weighted by molar-refractivity contribution is 5.76. The van der Waals surface area contributed by atoms with Crippen LogP contribution in [0.1, 0.15) is 27.8 Å². The van der Waals surface area contributed by atoms with Gasteiger partial charge in [-0.2, -0.15) is 0 Å². The fourth-order valence-corrected chi connectivity index (χ4v) is 2.50. The molecule has 0 saturated carbocycles. The molecule has 0 aliphatic carbocycles. The molecule has 0 spiro atoms. The Balaban J connectivity index is 2.23. The van der Waals surface area contributed by atoms with Gasteiger partial charge in [-0.1, -0.05) is 6.07 Å². The Hall–Kier alpha value is -2.49. The van der Waals surface area contributed by atoms with Crippen LogP contribution in [-0.2, 0) is 11.2 Å². The van der Waals surface area contributed by atoms with Crippen LogP contribution in [0.2, 0.25) is 0 Å². The van der Waals surface area contributed by atoms with Gasteiger partial charge in [0, 0.05) is 18.2 Å². The van der Waals surface area contributed by atoms with Crippen molar-refractivity contribution in [3.05, 3.63) is 52.1 Å². The molecule has 0 saturated heterocycles. The summed E-state index contributed by atoms with van der Waals surface area (Å²) in [5, 5.41) is 18.8. The van der Waals surface area contributed by atoms with E-state index in [2.05, 4.69) is 6.07 Å². The predicted molar refractivity (Wildman–Crippen MR) is 84.5 cm³/mol. The topological polar surface area (TPSA) is 66.8 Å². The lowest BCUT2D eigenvalue weighted by Gasteiger charge is -2.15. The Morgan fingerprint density at radius 3 is 1.91 bits per heavy atom. The summed E-state index contributed by atoms with van der Waals surface area (Å²) in [7, 11) is 0. The molecule has 2 rings (SSSR count). The molecule has 22 heavy (non-hydrogen) atoms. The van der Waals surface area contributed by atoms with E-state index >= 15 is 0 Å². The van der Waals surface area contributed by atoms with Crippen LogP contribution >= 0.6 is 0 Å².